The maximum absolute atomic E-state index is 12.7. The fourth-order valence-corrected chi connectivity index (χ4v) is 4.77. The van der Waals surface area contributed by atoms with Crippen molar-refractivity contribution in [2.45, 2.75) is 25.7 Å². The standard InChI is InChI=1S/C23H27N3O2S2/c1-23(2,3)22(28)26-30(4)17-10-7-15(8-11-17)21(27)25-19-14-16(9-12-18(19)24)20-6-5-13-29-20/h5-14,30H,24H2,1-4H3,(H,25,27)(H,26,28). The summed E-state index contributed by atoms with van der Waals surface area (Å²) in [6, 6.07) is 17.0. The molecular weight excluding hydrogens is 414 g/mol. The van der Waals surface area contributed by atoms with Gasteiger partial charge in [0.05, 0.1) is 11.4 Å². The molecule has 0 bridgehead atoms. The second-order valence-electron chi connectivity index (χ2n) is 8.03. The number of nitrogens with two attached hydrogens (primary N) is 1. The molecule has 0 spiro atoms. The molecule has 0 aliphatic carbocycles. The Morgan fingerprint density at radius 2 is 1.73 bits per heavy atom. The molecular formula is C23H27N3O2S2. The first-order valence-corrected chi connectivity index (χ1v) is 12.2. The molecule has 0 aliphatic rings. The minimum atomic E-state index is -0.840. The molecule has 0 saturated carbocycles. The van der Waals surface area contributed by atoms with E-state index in [9.17, 15) is 9.59 Å². The van der Waals surface area contributed by atoms with Gasteiger partial charge in [0.1, 0.15) is 0 Å². The van der Waals surface area contributed by atoms with E-state index >= 15 is 0 Å². The van der Waals surface area contributed by atoms with Crippen molar-refractivity contribution in [2.75, 3.05) is 17.3 Å². The van der Waals surface area contributed by atoms with Gasteiger partial charge in [-0.3, -0.25) is 9.59 Å². The van der Waals surface area contributed by atoms with Gasteiger partial charge in [-0.15, -0.1) is 11.3 Å². The van der Waals surface area contributed by atoms with Crippen LogP contribution in [0.4, 0.5) is 11.4 Å². The number of thiophene rings is 1. The molecule has 2 aromatic carbocycles. The number of carbonyl (C=O) groups excluding carboxylic acids is 2. The lowest BCUT2D eigenvalue weighted by Crippen LogP contribution is -2.32. The van der Waals surface area contributed by atoms with E-state index in [1.807, 2.05) is 68.8 Å². The van der Waals surface area contributed by atoms with Crippen LogP contribution in [0.3, 0.4) is 0 Å². The normalized spacial score (nSPS) is 12.9. The molecule has 3 rings (SSSR count). The Balaban J connectivity index is 1.71. The Kier molecular flexibility index (Phi) is 6.53. The van der Waals surface area contributed by atoms with E-state index in [4.69, 9.17) is 5.73 Å². The number of carbonyl (C=O) groups is 2. The highest BCUT2D eigenvalue weighted by molar-refractivity contribution is 8.15. The topological polar surface area (TPSA) is 84.2 Å². The summed E-state index contributed by atoms with van der Waals surface area (Å²) in [5, 5.41) is 4.92. The maximum Gasteiger partial charge on any atom is 0.255 e. The lowest BCUT2D eigenvalue weighted by molar-refractivity contribution is -0.126. The second-order valence-corrected chi connectivity index (χ2v) is 10.8. The van der Waals surface area contributed by atoms with Gasteiger partial charge in [-0.25, -0.2) is 0 Å². The van der Waals surface area contributed by atoms with Crippen LogP contribution in [0.15, 0.2) is 64.9 Å². The maximum atomic E-state index is 12.7. The van der Waals surface area contributed by atoms with Crippen molar-refractivity contribution in [2.24, 2.45) is 5.41 Å². The summed E-state index contributed by atoms with van der Waals surface area (Å²) in [5.74, 6) is -0.213. The van der Waals surface area contributed by atoms with Crippen LogP contribution in [0.1, 0.15) is 31.1 Å². The molecule has 1 aromatic heterocycles. The van der Waals surface area contributed by atoms with Gasteiger partial charge in [-0.2, -0.15) is 11.1 Å². The lowest BCUT2D eigenvalue weighted by atomic mass is 9.96. The molecule has 0 radical (unpaired) electrons. The Labute approximate surface area is 184 Å². The van der Waals surface area contributed by atoms with Crippen molar-refractivity contribution in [1.82, 2.24) is 4.72 Å². The van der Waals surface area contributed by atoms with E-state index in [1.165, 1.54) is 0 Å². The van der Waals surface area contributed by atoms with Crippen LogP contribution < -0.4 is 15.8 Å². The first-order chi connectivity index (χ1) is 14.1. The molecule has 158 valence electrons. The van der Waals surface area contributed by atoms with Crippen LogP contribution in [0, 0.1) is 5.41 Å². The van der Waals surface area contributed by atoms with E-state index in [0.29, 0.717) is 16.9 Å². The van der Waals surface area contributed by atoms with Gasteiger partial charge in [0.15, 0.2) is 0 Å². The lowest BCUT2D eigenvalue weighted by Gasteiger charge is -2.24. The molecule has 0 aliphatic heterocycles. The molecule has 4 N–H and O–H groups in total. The van der Waals surface area contributed by atoms with Gasteiger partial charge in [-0.05, 0) is 59.7 Å². The first-order valence-electron chi connectivity index (χ1n) is 9.55. The first kappa shape index (κ1) is 21.9. The van der Waals surface area contributed by atoms with Crippen molar-refractivity contribution in [3.8, 4) is 10.4 Å². The molecule has 1 atom stereocenters. The van der Waals surface area contributed by atoms with Gasteiger partial charge < -0.3 is 15.8 Å². The van der Waals surface area contributed by atoms with Gasteiger partial charge in [0, 0.05) is 20.8 Å². The van der Waals surface area contributed by atoms with E-state index in [0.717, 1.165) is 15.3 Å². The van der Waals surface area contributed by atoms with Crippen molar-refractivity contribution >= 4 is 45.6 Å². The predicted molar refractivity (Wildman–Crippen MR) is 129 cm³/mol. The molecule has 30 heavy (non-hydrogen) atoms. The van der Waals surface area contributed by atoms with E-state index in [1.54, 1.807) is 29.5 Å². The SMILES string of the molecule is C[SH](NC(=O)C(C)(C)C)c1ccc(C(=O)Nc2cc(-c3cccs3)ccc2N)cc1. The van der Waals surface area contributed by atoms with E-state index < -0.39 is 16.5 Å². The van der Waals surface area contributed by atoms with Crippen molar-refractivity contribution in [3.63, 3.8) is 0 Å². The van der Waals surface area contributed by atoms with E-state index in [2.05, 4.69) is 10.0 Å². The fraction of sp³-hybridized carbons (Fsp3) is 0.217. The second kappa shape index (κ2) is 8.93. The molecule has 3 aromatic rings. The number of anilines is 2. The van der Waals surface area contributed by atoms with Crippen LogP contribution in [-0.4, -0.2) is 18.1 Å². The number of rotatable bonds is 5. The van der Waals surface area contributed by atoms with Gasteiger partial charge in [0.2, 0.25) is 5.91 Å². The van der Waals surface area contributed by atoms with Gasteiger partial charge in [0.25, 0.3) is 5.91 Å². The summed E-state index contributed by atoms with van der Waals surface area (Å²) in [7, 11) is 0. The Morgan fingerprint density at radius 1 is 1.03 bits per heavy atom. The number of benzene rings is 2. The average Bonchev–Trinajstić information content (AvgIpc) is 3.23. The third-order valence-corrected chi connectivity index (χ3v) is 7.10. The minimum Gasteiger partial charge on any atom is -0.397 e. The van der Waals surface area contributed by atoms with E-state index in [-0.39, 0.29) is 11.8 Å². The third kappa shape index (κ3) is 5.23. The number of thiol groups is 1. The molecule has 0 fully saturated rings. The quantitative estimate of drug-likeness (QED) is 0.319. The highest BCUT2D eigenvalue weighted by Gasteiger charge is 2.22. The largest absolute Gasteiger partial charge is 0.397 e. The zero-order valence-electron chi connectivity index (χ0n) is 17.5. The van der Waals surface area contributed by atoms with Crippen molar-refractivity contribution in [3.05, 3.63) is 65.5 Å². The van der Waals surface area contributed by atoms with Gasteiger partial charge in [-0.1, -0.05) is 32.9 Å². The number of hydrogen-bond acceptors (Lipinski definition) is 4. The summed E-state index contributed by atoms with van der Waals surface area (Å²) in [6.45, 7) is 5.66. The number of amides is 2. The van der Waals surface area contributed by atoms with Crippen LogP contribution in [0.25, 0.3) is 10.4 Å². The average molecular weight is 442 g/mol. The zero-order chi connectivity index (χ0) is 21.9. The Hall–Kier alpha value is -2.77. The summed E-state index contributed by atoms with van der Waals surface area (Å²) in [4.78, 5) is 27.0. The zero-order valence-corrected chi connectivity index (χ0v) is 19.2. The summed E-state index contributed by atoms with van der Waals surface area (Å²) in [5.41, 5.74) is 8.28. The highest BCUT2D eigenvalue weighted by Crippen LogP contribution is 2.32. The number of hydrogen-bond donors (Lipinski definition) is 4. The Morgan fingerprint density at radius 3 is 2.33 bits per heavy atom. The van der Waals surface area contributed by atoms with Crippen LogP contribution >= 0.6 is 22.4 Å². The van der Waals surface area contributed by atoms with Crippen LogP contribution in [0.5, 0.6) is 0 Å². The van der Waals surface area contributed by atoms with Crippen molar-refractivity contribution in [1.29, 1.82) is 0 Å². The smallest absolute Gasteiger partial charge is 0.255 e. The summed E-state index contributed by atoms with van der Waals surface area (Å²) < 4.78 is 3.06. The molecule has 5 nitrogen and oxygen atoms in total. The van der Waals surface area contributed by atoms with Crippen LogP contribution in [0.2, 0.25) is 0 Å². The summed E-state index contributed by atoms with van der Waals surface area (Å²) in [6.07, 6.45) is 1.99. The number of nitrogen functional groups attached to an aromatic ring is 1. The summed E-state index contributed by atoms with van der Waals surface area (Å²) >= 11 is 0.794. The van der Waals surface area contributed by atoms with Crippen molar-refractivity contribution < 1.29 is 9.59 Å². The van der Waals surface area contributed by atoms with Gasteiger partial charge >= 0.3 is 0 Å². The third-order valence-electron chi connectivity index (χ3n) is 4.57. The molecule has 1 heterocycles. The molecule has 2 amide bonds. The Bertz CT molecular complexity index is 1040. The van der Waals surface area contributed by atoms with Crippen LogP contribution in [-0.2, 0) is 4.79 Å². The molecule has 1 unspecified atom stereocenters. The number of nitrogens with one attached hydrogen (secondary N) is 2. The molecule has 7 heteroatoms. The monoisotopic (exact) mass is 441 g/mol. The fourth-order valence-electron chi connectivity index (χ4n) is 2.68. The predicted octanol–water partition coefficient (Wildman–Crippen LogP) is 5.32. The minimum absolute atomic E-state index is 0.0130. The molecule has 0 saturated heterocycles. The highest BCUT2D eigenvalue weighted by atomic mass is 32.2.